The molecule has 96 valence electrons. The van der Waals surface area contributed by atoms with Crippen molar-refractivity contribution in [1.82, 2.24) is 25.5 Å². The second-order valence-electron chi connectivity index (χ2n) is 3.57. The Labute approximate surface area is 108 Å². The molecule has 0 aliphatic carbocycles. The van der Waals surface area contributed by atoms with E-state index in [1.165, 1.54) is 11.3 Å². The van der Waals surface area contributed by atoms with Crippen LogP contribution in [0.3, 0.4) is 0 Å². The summed E-state index contributed by atoms with van der Waals surface area (Å²) in [5, 5.41) is 14.3. The van der Waals surface area contributed by atoms with Crippen LogP contribution in [0.25, 0.3) is 0 Å². The fraction of sp³-hybridized carbons (Fsp3) is 0.400. The van der Waals surface area contributed by atoms with Gasteiger partial charge in [-0.3, -0.25) is 4.79 Å². The van der Waals surface area contributed by atoms with Gasteiger partial charge in [0.05, 0.1) is 6.04 Å². The molecule has 2 aromatic heterocycles. The summed E-state index contributed by atoms with van der Waals surface area (Å²) in [7, 11) is 1.74. The van der Waals surface area contributed by atoms with Crippen molar-refractivity contribution in [3.05, 3.63) is 23.2 Å². The number of rotatable bonds is 5. The summed E-state index contributed by atoms with van der Waals surface area (Å²) in [6, 6.07) is -0.144. The second-order valence-corrected chi connectivity index (χ2v) is 4.55. The Bertz CT molecular complexity index is 508. The maximum absolute atomic E-state index is 12.0. The molecule has 0 saturated heterocycles. The van der Waals surface area contributed by atoms with Gasteiger partial charge in [-0.2, -0.15) is 0 Å². The third-order valence-corrected chi connectivity index (χ3v) is 3.34. The molecule has 0 aliphatic rings. The first-order valence-electron chi connectivity index (χ1n) is 5.56. The molecular formula is C10H14N6OS. The van der Waals surface area contributed by atoms with E-state index in [1.54, 1.807) is 19.4 Å². The molecule has 8 heteroatoms. The highest BCUT2D eigenvalue weighted by atomic mass is 32.1. The zero-order valence-corrected chi connectivity index (χ0v) is 10.9. The third-order valence-electron chi connectivity index (χ3n) is 2.40. The predicted molar refractivity (Wildman–Crippen MR) is 68.5 cm³/mol. The summed E-state index contributed by atoms with van der Waals surface area (Å²) in [6.07, 6.45) is 4.14. The Kier molecular flexibility index (Phi) is 3.88. The lowest BCUT2D eigenvalue weighted by molar-refractivity contribution is 0.0933. The van der Waals surface area contributed by atoms with Gasteiger partial charge in [-0.05, 0) is 6.42 Å². The molecule has 7 nitrogen and oxygen atoms in total. The molecule has 0 saturated carbocycles. The molecule has 0 fully saturated rings. The number of hydrogen-bond acceptors (Lipinski definition) is 6. The average molecular weight is 266 g/mol. The quantitative estimate of drug-likeness (QED) is 0.755. The van der Waals surface area contributed by atoms with Gasteiger partial charge in [0.1, 0.15) is 5.82 Å². The SMILES string of the molecule is CCC(NC(=O)c1nnc(NC)s1)c1ncc[nH]1. The smallest absolute Gasteiger partial charge is 0.282 e. The number of aromatic amines is 1. The molecular weight excluding hydrogens is 252 g/mol. The van der Waals surface area contributed by atoms with Crippen molar-refractivity contribution in [2.75, 3.05) is 12.4 Å². The van der Waals surface area contributed by atoms with Gasteiger partial charge >= 0.3 is 0 Å². The molecule has 0 bridgehead atoms. The van der Waals surface area contributed by atoms with Crippen LogP contribution in [0.1, 0.15) is 35.0 Å². The van der Waals surface area contributed by atoms with Gasteiger partial charge in [0.15, 0.2) is 0 Å². The van der Waals surface area contributed by atoms with Crippen LogP contribution >= 0.6 is 11.3 Å². The predicted octanol–water partition coefficient (Wildman–Crippen LogP) is 1.18. The first-order chi connectivity index (χ1) is 8.74. The summed E-state index contributed by atoms with van der Waals surface area (Å²) in [5.74, 6) is 0.501. The Balaban J connectivity index is 2.06. The largest absolute Gasteiger partial charge is 0.363 e. The number of imidazole rings is 1. The van der Waals surface area contributed by atoms with Gasteiger partial charge in [0, 0.05) is 19.4 Å². The Morgan fingerprint density at radius 3 is 2.94 bits per heavy atom. The van der Waals surface area contributed by atoms with E-state index in [0.717, 1.165) is 12.2 Å². The lowest BCUT2D eigenvalue weighted by Crippen LogP contribution is -2.28. The molecule has 18 heavy (non-hydrogen) atoms. The van der Waals surface area contributed by atoms with Gasteiger partial charge < -0.3 is 15.6 Å². The number of aromatic nitrogens is 4. The van der Waals surface area contributed by atoms with Crippen molar-refractivity contribution in [3.63, 3.8) is 0 Å². The number of hydrogen-bond donors (Lipinski definition) is 3. The molecule has 0 spiro atoms. The van der Waals surface area contributed by atoms with Crippen LogP contribution < -0.4 is 10.6 Å². The highest BCUT2D eigenvalue weighted by Gasteiger charge is 2.18. The van der Waals surface area contributed by atoms with E-state index >= 15 is 0 Å². The number of nitrogens with one attached hydrogen (secondary N) is 3. The van der Waals surface area contributed by atoms with Crippen molar-refractivity contribution in [2.45, 2.75) is 19.4 Å². The fourth-order valence-corrected chi connectivity index (χ4v) is 2.07. The summed E-state index contributed by atoms with van der Waals surface area (Å²) in [5.41, 5.74) is 0. The zero-order valence-electron chi connectivity index (χ0n) is 10.1. The van der Waals surface area contributed by atoms with Gasteiger partial charge in [-0.25, -0.2) is 4.98 Å². The molecule has 0 aromatic carbocycles. The van der Waals surface area contributed by atoms with Gasteiger partial charge in [-0.1, -0.05) is 18.3 Å². The molecule has 2 rings (SSSR count). The van der Waals surface area contributed by atoms with E-state index in [2.05, 4.69) is 30.8 Å². The summed E-state index contributed by atoms with van der Waals surface area (Å²) in [4.78, 5) is 19.1. The highest BCUT2D eigenvalue weighted by molar-refractivity contribution is 7.17. The van der Waals surface area contributed by atoms with E-state index in [1.807, 2.05) is 6.92 Å². The summed E-state index contributed by atoms with van der Waals surface area (Å²) < 4.78 is 0. The topological polar surface area (TPSA) is 95.6 Å². The molecule has 3 N–H and O–H groups in total. The van der Waals surface area contributed by atoms with Crippen LogP contribution in [0.2, 0.25) is 0 Å². The van der Waals surface area contributed by atoms with Gasteiger partial charge in [0.25, 0.3) is 5.91 Å². The lowest BCUT2D eigenvalue weighted by Gasteiger charge is -2.12. The first kappa shape index (κ1) is 12.5. The van der Waals surface area contributed by atoms with Crippen molar-refractivity contribution >= 4 is 22.4 Å². The van der Waals surface area contributed by atoms with E-state index in [0.29, 0.717) is 10.1 Å². The number of anilines is 1. The minimum absolute atomic E-state index is 0.144. The third kappa shape index (κ3) is 2.65. The Morgan fingerprint density at radius 2 is 2.39 bits per heavy atom. The first-order valence-corrected chi connectivity index (χ1v) is 6.37. The number of carbonyl (C=O) groups is 1. The maximum Gasteiger partial charge on any atom is 0.282 e. The highest BCUT2D eigenvalue weighted by Crippen LogP contribution is 2.17. The molecule has 1 unspecified atom stereocenters. The monoisotopic (exact) mass is 266 g/mol. The number of H-pyrrole nitrogens is 1. The van der Waals surface area contributed by atoms with Crippen LogP contribution in [0, 0.1) is 0 Å². The van der Waals surface area contributed by atoms with E-state index in [4.69, 9.17) is 0 Å². The van der Waals surface area contributed by atoms with E-state index < -0.39 is 0 Å². The van der Waals surface area contributed by atoms with Crippen LogP contribution in [-0.2, 0) is 0 Å². The molecule has 2 aromatic rings. The van der Waals surface area contributed by atoms with Crippen LogP contribution in [0.5, 0.6) is 0 Å². The van der Waals surface area contributed by atoms with Crippen molar-refractivity contribution in [2.24, 2.45) is 0 Å². The second kappa shape index (κ2) is 5.58. The molecule has 0 aliphatic heterocycles. The molecule has 0 radical (unpaired) electrons. The van der Waals surface area contributed by atoms with Gasteiger partial charge in [0.2, 0.25) is 10.1 Å². The molecule has 1 atom stereocenters. The summed E-state index contributed by atoms with van der Waals surface area (Å²) >= 11 is 1.21. The normalized spacial score (nSPS) is 12.1. The zero-order chi connectivity index (χ0) is 13.0. The fourth-order valence-electron chi connectivity index (χ4n) is 1.47. The standard InChI is InChI=1S/C10H14N6OS/c1-3-6(7-12-4-5-13-7)14-8(17)9-15-16-10(11-2)18-9/h4-6H,3H2,1-2H3,(H,11,16)(H,12,13)(H,14,17). The van der Waals surface area contributed by atoms with Crippen LogP contribution in [0.15, 0.2) is 12.4 Å². The average Bonchev–Trinajstić information content (AvgIpc) is 3.05. The lowest BCUT2D eigenvalue weighted by atomic mass is 10.2. The number of nitrogens with zero attached hydrogens (tertiary/aromatic N) is 3. The Morgan fingerprint density at radius 1 is 1.56 bits per heavy atom. The van der Waals surface area contributed by atoms with Gasteiger partial charge in [-0.15, -0.1) is 10.2 Å². The minimum Gasteiger partial charge on any atom is -0.363 e. The minimum atomic E-state index is -0.239. The van der Waals surface area contributed by atoms with E-state index in [-0.39, 0.29) is 11.9 Å². The number of carbonyl (C=O) groups excluding carboxylic acids is 1. The van der Waals surface area contributed by atoms with Crippen molar-refractivity contribution < 1.29 is 4.79 Å². The summed E-state index contributed by atoms with van der Waals surface area (Å²) in [6.45, 7) is 1.98. The van der Waals surface area contributed by atoms with Crippen LogP contribution in [0.4, 0.5) is 5.13 Å². The molecule has 1 amide bonds. The molecule has 2 heterocycles. The number of amides is 1. The van der Waals surface area contributed by atoms with Crippen molar-refractivity contribution in [1.29, 1.82) is 0 Å². The Hall–Kier alpha value is -1.96. The van der Waals surface area contributed by atoms with Crippen LogP contribution in [-0.4, -0.2) is 33.1 Å². The maximum atomic E-state index is 12.0. The van der Waals surface area contributed by atoms with Crippen molar-refractivity contribution in [3.8, 4) is 0 Å². The van der Waals surface area contributed by atoms with E-state index in [9.17, 15) is 4.79 Å².